The molecule has 8 rings (SSSR count). The number of rotatable bonds is 11. The summed E-state index contributed by atoms with van der Waals surface area (Å²) in [4.78, 5) is 14.0. The molecule has 73 heavy (non-hydrogen) atoms. The van der Waals surface area contributed by atoms with Crippen molar-refractivity contribution >= 4 is 94.7 Å². The average molecular weight is 1160 g/mol. The molecule has 0 radical (unpaired) electrons. The van der Waals surface area contributed by atoms with Crippen LogP contribution >= 0.6 is 69.1 Å². The number of alkyl halides is 6. The van der Waals surface area contributed by atoms with Gasteiger partial charge in [-0.05, 0) is 123 Å². The van der Waals surface area contributed by atoms with E-state index in [1.807, 2.05) is 0 Å². The number of hydrogen-bond acceptors (Lipinski definition) is 11. The van der Waals surface area contributed by atoms with Crippen LogP contribution in [0, 0.1) is 0 Å². The van der Waals surface area contributed by atoms with Crippen molar-refractivity contribution in [1.29, 1.82) is 0 Å². The summed E-state index contributed by atoms with van der Waals surface area (Å²) in [5.41, 5.74) is -1.90. The molecule has 0 saturated heterocycles. The highest BCUT2D eigenvalue weighted by Gasteiger charge is 2.37. The maximum Gasteiger partial charge on any atom is 0.435 e. The van der Waals surface area contributed by atoms with E-state index in [2.05, 4.69) is 10.2 Å². The molecule has 0 atom stereocenters. The molecular formula is C48H36Cl4F6N4O7S4. The molecule has 0 unspecified atom stereocenters. The van der Waals surface area contributed by atoms with Gasteiger partial charge in [-0.25, -0.2) is 31.0 Å². The summed E-state index contributed by atoms with van der Waals surface area (Å²) >= 11 is 26.9. The highest BCUT2D eigenvalue weighted by molar-refractivity contribution is 7.91. The molecule has 0 aliphatic heterocycles. The van der Waals surface area contributed by atoms with Crippen LogP contribution in [0.2, 0.25) is 20.1 Å². The summed E-state index contributed by atoms with van der Waals surface area (Å²) < 4.78 is 138. The lowest BCUT2D eigenvalue weighted by atomic mass is 9.97. The normalized spacial score (nSPS) is 12.4. The molecule has 0 fully saturated rings. The molecule has 0 amide bonds. The number of sulfone groups is 2. The molecule has 0 aliphatic carbocycles. The minimum atomic E-state index is -4.71. The predicted octanol–water partition coefficient (Wildman–Crippen LogP) is 14.4. The summed E-state index contributed by atoms with van der Waals surface area (Å²) in [5.74, 6) is -0.775. The van der Waals surface area contributed by atoms with E-state index in [0.717, 1.165) is 56.7 Å². The second kappa shape index (κ2) is 20.8. The van der Waals surface area contributed by atoms with Gasteiger partial charge in [-0.2, -0.15) is 36.5 Å². The Morgan fingerprint density at radius 3 is 1.41 bits per heavy atom. The molecule has 11 nitrogen and oxygen atoms in total. The van der Waals surface area contributed by atoms with Gasteiger partial charge in [0, 0.05) is 37.9 Å². The van der Waals surface area contributed by atoms with E-state index >= 15 is 0 Å². The Hall–Kier alpha value is -5.23. The zero-order valence-corrected chi connectivity index (χ0v) is 44.5. The Labute approximate surface area is 442 Å². The van der Waals surface area contributed by atoms with Gasteiger partial charge in [-0.1, -0.05) is 64.6 Å². The number of thiophene rings is 2. The van der Waals surface area contributed by atoms with Gasteiger partial charge in [-0.3, -0.25) is 0 Å². The first-order valence-corrected chi connectivity index (χ1v) is 27.8. The SMILES string of the molecule is CC(C)(O)c1ccc(-c2ccc(-c3cc(C(F)(F)F)nn3-c3cc(Cl)ccc3Cl)s2)cc1S(C)(=O)=O.CCOC(=O)c1ccc(-c2ccc(-c3cc(C(F)(F)F)nn3-c3cc(Cl)ccc3Cl)s2)cc1S(C)(=O)=O. The number of ether oxygens (including phenoxy) is 1. The molecule has 0 saturated carbocycles. The fourth-order valence-electron chi connectivity index (χ4n) is 7.16. The van der Waals surface area contributed by atoms with Gasteiger partial charge in [0.25, 0.3) is 0 Å². The number of carbonyl (C=O) groups excluding carboxylic acids is 1. The van der Waals surface area contributed by atoms with Gasteiger partial charge in [0.05, 0.1) is 70.1 Å². The van der Waals surface area contributed by atoms with E-state index in [-0.39, 0.29) is 70.4 Å². The van der Waals surface area contributed by atoms with Crippen molar-refractivity contribution in [3.05, 3.63) is 152 Å². The third kappa shape index (κ3) is 12.5. The van der Waals surface area contributed by atoms with E-state index < -0.39 is 55.0 Å². The van der Waals surface area contributed by atoms with Crippen LogP contribution in [0.4, 0.5) is 26.3 Å². The molecule has 8 aromatic rings. The Morgan fingerprint density at radius 2 is 1.01 bits per heavy atom. The molecule has 4 heterocycles. The first-order valence-electron chi connectivity index (χ1n) is 20.9. The van der Waals surface area contributed by atoms with Crippen molar-refractivity contribution in [3.8, 4) is 53.4 Å². The van der Waals surface area contributed by atoms with E-state index in [4.69, 9.17) is 51.1 Å². The van der Waals surface area contributed by atoms with Gasteiger partial charge in [0.1, 0.15) is 0 Å². The van der Waals surface area contributed by atoms with Crippen molar-refractivity contribution in [2.24, 2.45) is 0 Å². The predicted molar refractivity (Wildman–Crippen MR) is 272 cm³/mol. The largest absolute Gasteiger partial charge is 0.462 e. The lowest BCUT2D eigenvalue weighted by Gasteiger charge is -2.21. The number of hydrogen-bond donors (Lipinski definition) is 1. The van der Waals surface area contributed by atoms with Crippen LogP contribution in [0.3, 0.4) is 0 Å². The van der Waals surface area contributed by atoms with Crippen LogP contribution in [0.15, 0.2) is 119 Å². The van der Waals surface area contributed by atoms with Crippen LogP contribution in [0.5, 0.6) is 0 Å². The lowest BCUT2D eigenvalue weighted by Crippen LogP contribution is -2.19. The second-order valence-corrected chi connectivity index (χ2v) is 24.2. The van der Waals surface area contributed by atoms with Gasteiger partial charge in [0.15, 0.2) is 31.1 Å². The van der Waals surface area contributed by atoms with E-state index in [1.54, 1.807) is 43.3 Å². The van der Waals surface area contributed by atoms with E-state index in [1.165, 1.54) is 74.5 Å². The van der Waals surface area contributed by atoms with Crippen LogP contribution in [0.1, 0.15) is 48.1 Å². The first kappa shape index (κ1) is 55.5. The summed E-state index contributed by atoms with van der Waals surface area (Å²) in [5, 5.41) is 18.7. The fourth-order valence-corrected chi connectivity index (χ4v) is 11.8. The van der Waals surface area contributed by atoms with E-state index in [9.17, 15) is 53.1 Å². The van der Waals surface area contributed by atoms with Crippen LogP contribution in [-0.2, 0) is 42.4 Å². The number of nitrogens with zero attached hydrogens (tertiary/aromatic N) is 4. The number of esters is 1. The smallest absolute Gasteiger partial charge is 0.435 e. The van der Waals surface area contributed by atoms with Crippen LogP contribution in [0.25, 0.3) is 53.4 Å². The van der Waals surface area contributed by atoms with Gasteiger partial charge >= 0.3 is 18.3 Å². The molecule has 0 bridgehead atoms. The van der Waals surface area contributed by atoms with E-state index in [0.29, 0.717) is 30.6 Å². The maximum atomic E-state index is 13.6. The van der Waals surface area contributed by atoms with Crippen molar-refractivity contribution in [3.63, 3.8) is 0 Å². The van der Waals surface area contributed by atoms with Crippen molar-refractivity contribution in [1.82, 2.24) is 19.6 Å². The molecule has 4 aromatic heterocycles. The summed E-state index contributed by atoms with van der Waals surface area (Å²) in [6, 6.07) is 26.0. The molecule has 25 heteroatoms. The van der Waals surface area contributed by atoms with Crippen molar-refractivity contribution < 1.29 is 57.8 Å². The molecule has 1 N–H and O–H groups in total. The fraction of sp³-hybridized carbons (Fsp3) is 0.188. The quantitative estimate of drug-likeness (QED) is 0.0986. The van der Waals surface area contributed by atoms with Gasteiger partial charge in [-0.15, -0.1) is 22.7 Å². The highest BCUT2D eigenvalue weighted by Crippen LogP contribution is 2.43. The van der Waals surface area contributed by atoms with Crippen LogP contribution < -0.4 is 0 Å². The zero-order chi connectivity index (χ0) is 53.7. The number of carbonyl (C=O) groups is 1. The van der Waals surface area contributed by atoms with Gasteiger partial charge < -0.3 is 9.84 Å². The minimum Gasteiger partial charge on any atom is -0.462 e. The third-order valence-corrected chi connectivity index (χ3v) is 16.2. The molecule has 0 aliphatic rings. The van der Waals surface area contributed by atoms with Crippen molar-refractivity contribution in [2.45, 2.75) is 48.5 Å². The zero-order valence-electron chi connectivity index (χ0n) is 38.2. The second-order valence-electron chi connectivity index (χ2n) is 16.4. The number of aromatic nitrogens is 4. The summed E-state index contributed by atoms with van der Waals surface area (Å²) in [6.07, 6.45) is -7.38. The summed E-state index contributed by atoms with van der Waals surface area (Å²) in [6.45, 7) is 4.65. The summed E-state index contributed by atoms with van der Waals surface area (Å²) in [7, 11) is -7.48. The minimum absolute atomic E-state index is 0.0300. The Morgan fingerprint density at radius 1 is 0.603 bits per heavy atom. The first-order chi connectivity index (χ1) is 33.8. The topological polar surface area (TPSA) is 150 Å². The Balaban J connectivity index is 0.000000214. The monoisotopic (exact) mass is 1160 g/mol. The molecule has 0 spiro atoms. The Kier molecular flexibility index (Phi) is 15.8. The average Bonchev–Trinajstić information content (AvgIpc) is 4.13. The number of halogens is 10. The number of aliphatic hydroxyl groups is 1. The lowest BCUT2D eigenvalue weighted by molar-refractivity contribution is -0.142. The van der Waals surface area contributed by atoms with Gasteiger partial charge in [0.2, 0.25) is 0 Å². The third-order valence-electron chi connectivity index (χ3n) is 10.5. The molecule has 4 aromatic carbocycles. The molecule has 384 valence electrons. The Bertz CT molecular complexity index is 3660. The highest BCUT2D eigenvalue weighted by atomic mass is 35.5. The molecular weight excluding hydrogens is 1130 g/mol. The van der Waals surface area contributed by atoms with Crippen LogP contribution in [-0.4, -0.2) is 66.6 Å². The van der Waals surface area contributed by atoms with Crippen molar-refractivity contribution in [2.75, 3.05) is 19.1 Å². The maximum absolute atomic E-state index is 13.6. The standard InChI is InChI=1S/C24H17Cl2F3N2O4S2.C24H19Cl2F3N2O3S2/c1-3-35-23(32)15-6-4-13(10-21(15)37(2,33)34)19-8-9-20(36-19)18-12-22(24(27,28)29)30-31(18)17-11-14(25)5-7-16(17)26;1-23(2,32)15-6-4-13(10-21(15)36(3,33)34)19-8-9-20(35-19)18-12-22(24(27,28)29)30-31(18)17-11-14(25)5-7-16(17)26/h4-12H,3H2,1-2H3;4-12,32H,1-3H3. The number of benzene rings is 4.